The van der Waals surface area contributed by atoms with Gasteiger partial charge in [-0.25, -0.2) is 10.2 Å². The van der Waals surface area contributed by atoms with Gasteiger partial charge in [0.05, 0.1) is 24.9 Å². The predicted molar refractivity (Wildman–Crippen MR) is 141 cm³/mol. The molecule has 4 rings (SSSR count). The summed E-state index contributed by atoms with van der Waals surface area (Å²) in [5.74, 6) is -0.238. The molecule has 4 aromatic rings. The lowest BCUT2D eigenvalue weighted by molar-refractivity contribution is -0.120. The number of hydrogen-bond acceptors (Lipinski definition) is 6. The average Bonchev–Trinajstić information content (AvgIpc) is 2.93. The number of fused-ring (bicyclic) bond motifs is 1. The van der Waals surface area contributed by atoms with E-state index in [9.17, 15) is 14.4 Å². The van der Waals surface area contributed by atoms with Crippen molar-refractivity contribution < 1.29 is 23.9 Å². The largest absolute Gasteiger partial charge is 0.494 e. The molecule has 0 heterocycles. The van der Waals surface area contributed by atoms with Crippen LogP contribution in [0.2, 0.25) is 0 Å². The molecule has 0 saturated heterocycles. The van der Waals surface area contributed by atoms with Gasteiger partial charge >= 0.3 is 5.97 Å². The summed E-state index contributed by atoms with van der Waals surface area (Å²) < 4.78 is 10.7. The van der Waals surface area contributed by atoms with Gasteiger partial charge in [0.2, 0.25) is 0 Å². The second-order valence-electron chi connectivity index (χ2n) is 7.92. The molecule has 4 aromatic carbocycles. The molecule has 0 radical (unpaired) electrons. The van der Waals surface area contributed by atoms with Crippen molar-refractivity contribution in [3.05, 3.63) is 108 Å². The Morgan fingerprint density at radius 2 is 1.54 bits per heavy atom. The lowest BCUT2D eigenvalue weighted by Crippen LogP contribution is -2.35. The lowest BCUT2D eigenvalue weighted by atomic mass is 10.0. The first-order chi connectivity index (χ1) is 18.0. The van der Waals surface area contributed by atoms with Gasteiger partial charge in [0.15, 0.2) is 0 Å². The monoisotopic (exact) mass is 495 g/mol. The molecule has 8 nitrogen and oxygen atoms in total. The van der Waals surface area contributed by atoms with Crippen molar-refractivity contribution in [1.82, 2.24) is 10.7 Å². The second-order valence-corrected chi connectivity index (χ2v) is 7.92. The smallest absolute Gasteiger partial charge is 0.343 e. The van der Waals surface area contributed by atoms with E-state index in [2.05, 4.69) is 15.8 Å². The van der Waals surface area contributed by atoms with Crippen molar-refractivity contribution >= 4 is 34.8 Å². The van der Waals surface area contributed by atoms with Crippen LogP contribution in [0.3, 0.4) is 0 Å². The van der Waals surface area contributed by atoms with Gasteiger partial charge in [0, 0.05) is 5.56 Å². The molecule has 37 heavy (non-hydrogen) atoms. The molecule has 0 fully saturated rings. The number of amides is 2. The molecular weight excluding hydrogens is 470 g/mol. The molecule has 2 N–H and O–H groups in total. The maximum atomic E-state index is 12.5. The van der Waals surface area contributed by atoms with Crippen LogP contribution in [0.4, 0.5) is 0 Å². The third-order valence-electron chi connectivity index (χ3n) is 5.34. The zero-order valence-corrected chi connectivity index (χ0v) is 20.1. The number of carbonyl (C=O) groups excluding carboxylic acids is 3. The van der Waals surface area contributed by atoms with E-state index in [1.807, 2.05) is 37.3 Å². The number of esters is 1. The molecule has 8 heteroatoms. The Kier molecular flexibility index (Phi) is 8.23. The van der Waals surface area contributed by atoms with Gasteiger partial charge in [0.1, 0.15) is 11.5 Å². The quantitative estimate of drug-likeness (QED) is 0.156. The number of hydrazone groups is 1. The van der Waals surface area contributed by atoms with Gasteiger partial charge in [-0.15, -0.1) is 0 Å². The predicted octanol–water partition coefficient (Wildman–Crippen LogP) is 4.34. The highest BCUT2D eigenvalue weighted by molar-refractivity contribution is 6.07. The summed E-state index contributed by atoms with van der Waals surface area (Å²) in [6.07, 6.45) is 1.45. The maximum absolute atomic E-state index is 12.5. The number of carbonyl (C=O) groups is 3. The fourth-order valence-corrected chi connectivity index (χ4v) is 3.54. The summed E-state index contributed by atoms with van der Waals surface area (Å²) in [6, 6.07) is 26.3. The fraction of sp³-hybridized carbons (Fsp3) is 0.103. The summed E-state index contributed by atoms with van der Waals surface area (Å²) in [5.41, 5.74) is 3.96. The minimum atomic E-state index is -0.484. The molecule has 2 amide bonds. The molecule has 0 aromatic heterocycles. The van der Waals surface area contributed by atoms with Crippen molar-refractivity contribution in [3.63, 3.8) is 0 Å². The molecule has 0 aliphatic rings. The van der Waals surface area contributed by atoms with E-state index in [0.29, 0.717) is 34.8 Å². The van der Waals surface area contributed by atoms with Crippen LogP contribution in [0, 0.1) is 0 Å². The highest BCUT2D eigenvalue weighted by Crippen LogP contribution is 2.18. The Balaban J connectivity index is 1.24. The Labute approximate surface area is 213 Å². The summed E-state index contributed by atoms with van der Waals surface area (Å²) in [5, 5.41) is 8.28. The molecule has 0 saturated carbocycles. The average molecular weight is 496 g/mol. The molecule has 0 aliphatic carbocycles. The Hall–Kier alpha value is -4.98. The van der Waals surface area contributed by atoms with E-state index in [1.165, 1.54) is 6.21 Å². The Morgan fingerprint density at radius 3 is 2.30 bits per heavy atom. The first-order valence-electron chi connectivity index (χ1n) is 11.7. The van der Waals surface area contributed by atoms with Crippen LogP contribution in [0.5, 0.6) is 11.5 Å². The number of nitrogens with zero attached hydrogens (tertiary/aromatic N) is 1. The van der Waals surface area contributed by atoms with Crippen molar-refractivity contribution in [2.24, 2.45) is 5.10 Å². The second kappa shape index (κ2) is 12.1. The van der Waals surface area contributed by atoms with Crippen LogP contribution in [0.15, 0.2) is 96.1 Å². The first-order valence-corrected chi connectivity index (χ1v) is 11.7. The first kappa shape index (κ1) is 25.1. The highest BCUT2D eigenvalue weighted by atomic mass is 16.5. The van der Waals surface area contributed by atoms with E-state index < -0.39 is 11.9 Å². The van der Waals surface area contributed by atoms with Gasteiger partial charge in [0.25, 0.3) is 11.8 Å². The van der Waals surface area contributed by atoms with Crippen molar-refractivity contribution in [1.29, 1.82) is 0 Å². The third kappa shape index (κ3) is 6.79. The van der Waals surface area contributed by atoms with Crippen LogP contribution in [0.25, 0.3) is 10.8 Å². The minimum Gasteiger partial charge on any atom is -0.494 e. The van der Waals surface area contributed by atoms with E-state index in [1.54, 1.807) is 60.7 Å². The van der Waals surface area contributed by atoms with Crippen LogP contribution in [0.1, 0.15) is 33.2 Å². The third-order valence-corrected chi connectivity index (χ3v) is 5.34. The van der Waals surface area contributed by atoms with Crippen LogP contribution in [-0.2, 0) is 4.79 Å². The Morgan fingerprint density at radius 1 is 0.838 bits per heavy atom. The van der Waals surface area contributed by atoms with Crippen LogP contribution >= 0.6 is 0 Å². The zero-order valence-electron chi connectivity index (χ0n) is 20.1. The number of benzene rings is 4. The topological polar surface area (TPSA) is 106 Å². The van der Waals surface area contributed by atoms with Crippen molar-refractivity contribution in [2.45, 2.75) is 6.92 Å². The van der Waals surface area contributed by atoms with Crippen LogP contribution in [-0.4, -0.2) is 37.1 Å². The maximum Gasteiger partial charge on any atom is 0.343 e. The molecule has 0 unspecified atom stereocenters. The number of hydrogen-bond donors (Lipinski definition) is 2. The summed E-state index contributed by atoms with van der Waals surface area (Å²) in [4.78, 5) is 36.9. The molecular formula is C29H25N3O5. The summed E-state index contributed by atoms with van der Waals surface area (Å²) in [6.45, 7) is 2.21. The number of ether oxygens (including phenoxy) is 2. The van der Waals surface area contributed by atoms with Gasteiger partial charge < -0.3 is 14.8 Å². The normalized spacial score (nSPS) is 10.7. The van der Waals surface area contributed by atoms with E-state index in [4.69, 9.17) is 9.47 Å². The summed E-state index contributed by atoms with van der Waals surface area (Å²) >= 11 is 0. The van der Waals surface area contributed by atoms with Gasteiger partial charge in [-0.05, 0) is 77.9 Å². The molecule has 186 valence electrons. The lowest BCUT2D eigenvalue weighted by Gasteiger charge is -2.07. The molecule has 0 bridgehead atoms. The molecule has 0 atom stereocenters. The Bertz CT molecular complexity index is 1430. The SMILES string of the molecule is CCOc1ccc(C(=O)Oc2ccc(C=NNC(=O)CNC(=O)c3cccc4ccccc34)cc2)cc1. The molecule has 0 aliphatic heterocycles. The van der Waals surface area contributed by atoms with E-state index >= 15 is 0 Å². The molecule has 0 spiro atoms. The number of nitrogens with one attached hydrogen (secondary N) is 2. The van der Waals surface area contributed by atoms with Gasteiger partial charge in [-0.1, -0.05) is 36.4 Å². The van der Waals surface area contributed by atoms with Gasteiger partial charge in [-0.3, -0.25) is 9.59 Å². The number of rotatable bonds is 9. The highest BCUT2D eigenvalue weighted by Gasteiger charge is 2.11. The summed E-state index contributed by atoms with van der Waals surface area (Å²) in [7, 11) is 0. The van der Waals surface area contributed by atoms with E-state index in [-0.39, 0.29) is 12.5 Å². The van der Waals surface area contributed by atoms with Gasteiger partial charge in [-0.2, -0.15) is 5.10 Å². The van der Waals surface area contributed by atoms with Crippen molar-refractivity contribution in [3.8, 4) is 11.5 Å². The van der Waals surface area contributed by atoms with E-state index in [0.717, 1.165) is 10.8 Å². The van der Waals surface area contributed by atoms with Crippen molar-refractivity contribution in [2.75, 3.05) is 13.2 Å². The van der Waals surface area contributed by atoms with Crippen LogP contribution < -0.4 is 20.2 Å². The minimum absolute atomic E-state index is 0.222. The zero-order chi connectivity index (χ0) is 26.0. The standard InChI is InChI=1S/C29H25N3O5/c1-2-36-23-16-12-22(13-17-23)29(35)37-24-14-10-20(11-15-24)18-31-32-27(33)19-30-28(34)26-9-5-7-21-6-3-4-8-25(21)26/h3-18H,2,19H2,1H3,(H,30,34)(H,32,33). The fourth-order valence-electron chi connectivity index (χ4n) is 3.54.